The highest BCUT2D eigenvalue weighted by molar-refractivity contribution is 7.92. The SMILES string of the molecule is C=CS(=O)(=O)NC[C@@H]1C[C@H]1C1CCOCC1. The van der Waals surface area contributed by atoms with E-state index in [1.54, 1.807) is 0 Å². The largest absolute Gasteiger partial charge is 0.381 e. The zero-order chi connectivity index (χ0) is 11.6. The van der Waals surface area contributed by atoms with Gasteiger partial charge in [0, 0.05) is 25.2 Å². The van der Waals surface area contributed by atoms with Gasteiger partial charge in [-0.05, 0) is 37.0 Å². The molecule has 16 heavy (non-hydrogen) atoms. The van der Waals surface area contributed by atoms with Gasteiger partial charge < -0.3 is 4.74 Å². The van der Waals surface area contributed by atoms with Crippen molar-refractivity contribution in [1.82, 2.24) is 4.72 Å². The van der Waals surface area contributed by atoms with Crippen molar-refractivity contribution in [2.75, 3.05) is 19.8 Å². The summed E-state index contributed by atoms with van der Waals surface area (Å²) in [5.41, 5.74) is 0. The Bertz CT molecular complexity index is 346. The molecule has 92 valence electrons. The third-order valence-electron chi connectivity index (χ3n) is 3.61. The summed E-state index contributed by atoms with van der Waals surface area (Å²) in [5.74, 6) is 1.97. The van der Waals surface area contributed by atoms with Crippen LogP contribution in [0.3, 0.4) is 0 Å². The van der Waals surface area contributed by atoms with Crippen LogP contribution in [0.15, 0.2) is 12.0 Å². The third kappa shape index (κ3) is 3.06. The van der Waals surface area contributed by atoms with Crippen molar-refractivity contribution in [2.24, 2.45) is 17.8 Å². The number of rotatable bonds is 5. The van der Waals surface area contributed by atoms with Gasteiger partial charge in [0.05, 0.1) is 0 Å². The van der Waals surface area contributed by atoms with E-state index < -0.39 is 10.0 Å². The Hall–Kier alpha value is -0.390. The van der Waals surface area contributed by atoms with Gasteiger partial charge >= 0.3 is 0 Å². The minimum atomic E-state index is -3.24. The van der Waals surface area contributed by atoms with Gasteiger partial charge in [-0.15, -0.1) is 0 Å². The Balaban J connectivity index is 1.73. The van der Waals surface area contributed by atoms with E-state index in [0.717, 1.165) is 43.8 Å². The second-order valence-corrected chi connectivity index (χ2v) is 6.38. The number of sulfonamides is 1. The average Bonchev–Trinajstić information content (AvgIpc) is 3.07. The molecule has 2 rings (SSSR count). The smallest absolute Gasteiger partial charge is 0.233 e. The molecule has 0 spiro atoms. The Morgan fingerprint density at radius 2 is 2.06 bits per heavy atom. The molecule has 2 atom stereocenters. The summed E-state index contributed by atoms with van der Waals surface area (Å²) in [5, 5.41) is 0.971. The molecule has 1 aliphatic carbocycles. The molecule has 1 heterocycles. The molecule has 0 amide bonds. The Morgan fingerprint density at radius 3 is 2.69 bits per heavy atom. The molecule has 1 saturated heterocycles. The maximum Gasteiger partial charge on any atom is 0.233 e. The van der Waals surface area contributed by atoms with Crippen molar-refractivity contribution in [3.63, 3.8) is 0 Å². The first-order chi connectivity index (χ1) is 7.62. The third-order valence-corrected chi connectivity index (χ3v) is 4.62. The molecule has 0 radical (unpaired) electrons. The van der Waals surface area contributed by atoms with Crippen LogP contribution in [-0.2, 0) is 14.8 Å². The molecule has 2 fully saturated rings. The van der Waals surface area contributed by atoms with E-state index in [4.69, 9.17) is 4.74 Å². The highest BCUT2D eigenvalue weighted by Crippen LogP contribution is 2.47. The Labute approximate surface area is 97.1 Å². The summed E-state index contributed by atoms with van der Waals surface area (Å²) in [6.07, 6.45) is 3.43. The first-order valence-corrected chi connectivity index (χ1v) is 7.37. The van der Waals surface area contributed by atoms with E-state index >= 15 is 0 Å². The summed E-state index contributed by atoms with van der Waals surface area (Å²) in [7, 11) is -3.24. The highest BCUT2D eigenvalue weighted by atomic mass is 32.2. The molecule has 0 aromatic rings. The number of hydrogen-bond acceptors (Lipinski definition) is 3. The second kappa shape index (κ2) is 4.85. The minimum Gasteiger partial charge on any atom is -0.381 e. The summed E-state index contributed by atoms with van der Waals surface area (Å²) in [6, 6.07) is 0. The van der Waals surface area contributed by atoms with Crippen molar-refractivity contribution < 1.29 is 13.2 Å². The minimum absolute atomic E-state index is 0.526. The number of hydrogen-bond donors (Lipinski definition) is 1. The van der Waals surface area contributed by atoms with Gasteiger partial charge in [-0.1, -0.05) is 6.58 Å². The summed E-state index contributed by atoms with van der Waals surface area (Å²) in [4.78, 5) is 0. The van der Waals surface area contributed by atoms with Gasteiger partial charge in [-0.25, -0.2) is 13.1 Å². The molecular weight excluding hydrogens is 226 g/mol. The van der Waals surface area contributed by atoms with E-state index in [9.17, 15) is 8.42 Å². The van der Waals surface area contributed by atoms with Crippen molar-refractivity contribution in [3.8, 4) is 0 Å². The van der Waals surface area contributed by atoms with Crippen LogP contribution in [0.2, 0.25) is 0 Å². The molecule has 0 aromatic carbocycles. The normalized spacial score (nSPS) is 31.2. The molecule has 2 aliphatic rings. The molecule has 0 aromatic heterocycles. The van der Waals surface area contributed by atoms with Crippen LogP contribution in [-0.4, -0.2) is 28.2 Å². The lowest BCUT2D eigenvalue weighted by Gasteiger charge is -2.22. The van der Waals surface area contributed by atoms with Gasteiger partial charge in [0.2, 0.25) is 10.0 Å². The standard InChI is InChI=1S/C11H19NO3S/c1-2-16(13,14)12-8-10-7-11(10)9-3-5-15-6-4-9/h2,9-12H,1,3-8H2/t10-,11-/m0/s1. The Kier molecular flexibility index (Phi) is 3.66. The fourth-order valence-electron chi connectivity index (χ4n) is 2.51. The van der Waals surface area contributed by atoms with E-state index in [0.29, 0.717) is 18.4 Å². The molecule has 1 saturated carbocycles. The lowest BCUT2D eigenvalue weighted by atomic mass is 9.94. The number of nitrogens with one attached hydrogen (secondary N) is 1. The zero-order valence-corrected chi connectivity index (χ0v) is 10.2. The van der Waals surface area contributed by atoms with E-state index in [-0.39, 0.29) is 0 Å². The van der Waals surface area contributed by atoms with E-state index in [1.165, 1.54) is 0 Å². The molecular formula is C11H19NO3S. The molecule has 0 unspecified atom stereocenters. The number of ether oxygens (including phenoxy) is 1. The molecule has 4 nitrogen and oxygen atoms in total. The van der Waals surface area contributed by atoms with E-state index in [2.05, 4.69) is 11.3 Å². The Morgan fingerprint density at radius 1 is 1.38 bits per heavy atom. The van der Waals surface area contributed by atoms with Crippen molar-refractivity contribution in [2.45, 2.75) is 19.3 Å². The topological polar surface area (TPSA) is 55.4 Å². The van der Waals surface area contributed by atoms with Gasteiger partial charge in [0.1, 0.15) is 0 Å². The van der Waals surface area contributed by atoms with Gasteiger partial charge in [-0.3, -0.25) is 0 Å². The molecule has 5 heteroatoms. The van der Waals surface area contributed by atoms with Gasteiger partial charge in [0.25, 0.3) is 0 Å². The van der Waals surface area contributed by atoms with Crippen molar-refractivity contribution >= 4 is 10.0 Å². The first-order valence-electron chi connectivity index (χ1n) is 5.82. The quantitative estimate of drug-likeness (QED) is 0.789. The maximum absolute atomic E-state index is 11.2. The fourth-order valence-corrected chi connectivity index (χ4v) is 3.07. The molecule has 1 N–H and O–H groups in total. The van der Waals surface area contributed by atoms with Crippen LogP contribution in [0.5, 0.6) is 0 Å². The predicted molar refractivity (Wildman–Crippen MR) is 62.3 cm³/mol. The van der Waals surface area contributed by atoms with E-state index in [1.807, 2.05) is 0 Å². The average molecular weight is 245 g/mol. The van der Waals surface area contributed by atoms with Gasteiger partial charge in [0.15, 0.2) is 0 Å². The van der Waals surface area contributed by atoms with Crippen LogP contribution in [0, 0.1) is 17.8 Å². The monoisotopic (exact) mass is 245 g/mol. The maximum atomic E-state index is 11.2. The second-order valence-electron chi connectivity index (χ2n) is 4.67. The first kappa shape index (κ1) is 12.1. The van der Waals surface area contributed by atoms with Crippen molar-refractivity contribution in [1.29, 1.82) is 0 Å². The highest BCUT2D eigenvalue weighted by Gasteiger charge is 2.42. The van der Waals surface area contributed by atoms with Crippen molar-refractivity contribution in [3.05, 3.63) is 12.0 Å². The van der Waals surface area contributed by atoms with Crippen LogP contribution in [0.1, 0.15) is 19.3 Å². The summed E-state index contributed by atoms with van der Waals surface area (Å²) in [6.45, 7) is 5.57. The van der Waals surface area contributed by atoms with Crippen LogP contribution >= 0.6 is 0 Å². The van der Waals surface area contributed by atoms with Crippen LogP contribution in [0.4, 0.5) is 0 Å². The summed E-state index contributed by atoms with van der Waals surface area (Å²) >= 11 is 0. The van der Waals surface area contributed by atoms with Crippen LogP contribution in [0.25, 0.3) is 0 Å². The molecule has 0 bridgehead atoms. The summed E-state index contributed by atoms with van der Waals surface area (Å²) < 4.78 is 30.2. The lowest BCUT2D eigenvalue weighted by Crippen LogP contribution is -2.25. The fraction of sp³-hybridized carbons (Fsp3) is 0.818. The zero-order valence-electron chi connectivity index (χ0n) is 9.39. The molecule has 1 aliphatic heterocycles. The van der Waals surface area contributed by atoms with Gasteiger partial charge in [-0.2, -0.15) is 0 Å². The predicted octanol–water partition coefficient (Wildman–Crippen LogP) is 1.11. The lowest BCUT2D eigenvalue weighted by molar-refractivity contribution is 0.0582. The van der Waals surface area contributed by atoms with Crippen LogP contribution < -0.4 is 4.72 Å².